The average molecular weight is 258 g/mol. The fraction of sp³-hybridized carbons (Fsp3) is 0.438. The molecule has 0 heterocycles. The van der Waals surface area contributed by atoms with Crippen molar-refractivity contribution in [3.05, 3.63) is 48.6 Å². The van der Waals surface area contributed by atoms with Crippen molar-refractivity contribution >= 4 is 5.91 Å². The normalized spacial score (nSPS) is 14.1. The van der Waals surface area contributed by atoms with Gasteiger partial charge in [-0.15, -0.1) is 6.58 Å². The van der Waals surface area contributed by atoms with Crippen LogP contribution in [0, 0.1) is 5.92 Å². The summed E-state index contributed by atoms with van der Waals surface area (Å²) in [6.07, 6.45) is 4.39. The third kappa shape index (κ3) is 4.87. The summed E-state index contributed by atoms with van der Waals surface area (Å²) in [4.78, 5) is 14.0. The number of carbonyl (C=O) groups is 1. The summed E-state index contributed by atoms with van der Waals surface area (Å²) in [7, 11) is 0. The zero-order valence-corrected chi connectivity index (χ0v) is 11.3. The summed E-state index contributed by atoms with van der Waals surface area (Å²) in [5.74, 6) is 0.944. The number of nitrogens with zero attached hydrogens (tertiary/aromatic N) is 1. The number of carbonyl (C=O) groups excluding carboxylic acids is 1. The number of benzene rings is 1. The Balaban J connectivity index is 1.82. The van der Waals surface area contributed by atoms with Crippen molar-refractivity contribution < 1.29 is 4.79 Å². The molecule has 1 fully saturated rings. The second-order valence-corrected chi connectivity index (χ2v) is 5.12. The molecule has 0 spiro atoms. The van der Waals surface area contributed by atoms with Crippen LogP contribution < -0.4 is 5.32 Å². The second kappa shape index (κ2) is 7.10. The van der Waals surface area contributed by atoms with Crippen LogP contribution in [0.1, 0.15) is 18.4 Å². The molecular formula is C16H22N2O. The molecule has 1 aliphatic carbocycles. The van der Waals surface area contributed by atoms with Gasteiger partial charge in [-0.05, 0) is 30.9 Å². The highest BCUT2D eigenvalue weighted by atomic mass is 16.2. The molecule has 1 aromatic rings. The highest BCUT2D eigenvalue weighted by molar-refractivity contribution is 5.78. The van der Waals surface area contributed by atoms with Crippen molar-refractivity contribution in [1.29, 1.82) is 0 Å². The Morgan fingerprint density at radius 2 is 2.11 bits per heavy atom. The third-order valence-electron chi connectivity index (χ3n) is 3.32. The molecule has 1 aliphatic rings. The monoisotopic (exact) mass is 258 g/mol. The van der Waals surface area contributed by atoms with E-state index in [1.165, 1.54) is 12.8 Å². The Bertz CT molecular complexity index is 412. The molecule has 0 bridgehead atoms. The lowest BCUT2D eigenvalue weighted by Gasteiger charge is -2.21. The minimum atomic E-state index is 0.143. The largest absolute Gasteiger partial charge is 0.334 e. The van der Waals surface area contributed by atoms with Gasteiger partial charge in [0.15, 0.2) is 0 Å². The van der Waals surface area contributed by atoms with E-state index in [2.05, 4.69) is 11.9 Å². The Labute approximate surface area is 115 Å². The van der Waals surface area contributed by atoms with Gasteiger partial charge >= 0.3 is 0 Å². The van der Waals surface area contributed by atoms with Crippen LogP contribution in [0.15, 0.2) is 43.0 Å². The summed E-state index contributed by atoms with van der Waals surface area (Å²) in [5.41, 5.74) is 1.15. The van der Waals surface area contributed by atoms with Crippen LogP contribution in [0.4, 0.5) is 0 Å². The Morgan fingerprint density at radius 3 is 2.74 bits per heavy atom. The van der Waals surface area contributed by atoms with Crippen LogP contribution in [0.25, 0.3) is 0 Å². The number of hydrogen-bond donors (Lipinski definition) is 1. The maximum atomic E-state index is 12.2. The van der Waals surface area contributed by atoms with Crippen molar-refractivity contribution in [2.24, 2.45) is 5.92 Å². The van der Waals surface area contributed by atoms with E-state index < -0.39 is 0 Å². The fourth-order valence-corrected chi connectivity index (χ4v) is 2.03. The Morgan fingerprint density at radius 1 is 1.37 bits per heavy atom. The van der Waals surface area contributed by atoms with Gasteiger partial charge in [0.2, 0.25) is 5.91 Å². The predicted molar refractivity (Wildman–Crippen MR) is 77.6 cm³/mol. The minimum absolute atomic E-state index is 0.143. The number of nitrogens with one attached hydrogen (secondary N) is 1. The molecule has 1 aromatic carbocycles. The van der Waals surface area contributed by atoms with Crippen LogP contribution in [-0.2, 0) is 11.3 Å². The number of rotatable bonds is 8. The van der Waals surface area contributed by atoms with Crippen molar-refractivity contribution in [3.63, 3.8) is 0 Å². The van der Waals surface area contributed by atoms with Crippen molar-refractivity contribution in [3.8, 4) is 0 Å². The molecule has 0 radical (unpaired) electrons. The lowest BCUT2D eigenvalue weighted by atomic mass is 10.2. The second-order valence-electron chi connectivity index (χ2n) is 5.12. The summed E-state index contributed by atoms with van der Waals surface area (Å²) in [6.45, 7) is 6.37. The Kier molecular flexibility index (Phi) is 5.16. The first-order valence-electron chi connectivity index (χ1n) is 6.93. The van der Waals surface area contributed by atoms with Crippen LogP contribution in [0.3, 0.4) is 0 Å². The average Bonchev–Trinajstić information content (AvgIpc) is 3.23. The van der Waals surface area contributed by atoms with Gasteiger partial charge < -0.3 is 10.2 Å². The molecule has 0 saturated heterocycles. The summed E-state index contributed by atoms with van der Waals surface area (Å²) >= 11 is 0. The molecule has 1 saturated carbocycles. The summed E-state index contributed by atoms with van der Waals surface area (Å²) in [6, 6.07) is 10.1. The van der Waals surface area contributed by atoms with E-state index in [0.29, 0.717) is 19.6 Å². The molecule has 2 rings (SSSR count). The van der Waals surface area contributed by atoms with E-state index >= 15 is 0 Å². The molecular weight excluding hydrogens is 236 g/mol. The maximum Gasteiger partial charge on any atom is 0.237 e. The zero-order valence-electron chi connectivity index (χ0n) is 11.3. The van der Waals surface area contributed by atoms with Crippen LogP contribution in [0.5, 0.6) is 0 Å². The minimum Gasteiger partial charge on any atom is -0.334 e. The summed E-state index contributed by atoms with van der Waals surface area (Å²) < 4.78 is 0. The molecule has 19 heavy (non-hydrogen) atoms. The molecule has 0 aromatic heterocycles. The zero-order chi connectivity index (χ0) is 13.5. The first-order valence-corrected chi connectivity index (χ1v) is 6.93. The molecule has 0 unspecified atom stereocenters. The third-order valence-corrected chi connectivity index (χ3v) is 3.32. The van der Waals surface area contributed by atoms with Crippen molar-refractivity contribution in [1.82, 2.24) is 10.2 Å². The van der Waals surface area contributed by atoms with E-state index in [-0.39, 0.29) is 5.91 Å². The van der Waals surface area contributed by atoms with Gasteiger partial charge in [-0.2, -0.15) is 0 Å². The van der Waals surface area contributed by atoms with Gasteiger partial charge in [0.05, 0.1) is 6.54 Å². The van der Waals surface area contributed by atoms with Gasteiger partial charge in [-0.3, -0.25) is 4.79 Å². The molecule has 0 atom stereocenters. The number of amides is 1. The SMILES string of the molecule is C=CCN(Cc1ccccc1)C(=O)CNCC1CC1. The highest BCUT2D eigenvalue weighted by Crippen LogP contribution is 2.27. The van der Waals surface area contributed by atoms with E-state index in [1.807, 2.05) is 35.2 Å². The predicted octanol–water partition coefficient (Wildman–Crippen LogP) is 2.20. The van der Waals surface area contributed by atoms with E-state index in [0.717, 1.165) is 18.0 Å². The molecule has 1 N–H and O–H groups in total. The first kappa shape index (κ1) is 13.8. The molecule has 3 nitrogen and oxygen atoms in total. The van der Waals surface area contributed by atoms with Gasteiger partial charge in [0.25, 0.3) is 0 Å². The molecule has 1 amide bonds. The number of hydrogen-bond acceptors (Lipinski definition) is 2. The highest BCUT2D eigenvalue weighted by Gasteiger charge is 2.21. The lowest BCUT2D eigenvalue weighted by Crippen LogP contribution is -2.38. The topological polar surface area (TPSA) is 32.3 Å². The van der Waals surface area contributed by atoms with Gasteiger partial charge in [-0.25, -0.2) is 0 Å². The van der Waals surface area contributed by atoms with E-state index in [9.17, 15) is 4.79 Å². The molecule has 0 aliphatic heterocycles. The van der Waals surface area contributed by atoms with Crippen LogP contribution >= 0.6 is 0 Å². The fourth-order valence-electron chi connectivity index (χ4n) is 2.03. The van der Waals surface area contributed by atoms with Gasteiger partial charge in [0.1, 0.15) is 0 Å². The van der Waals surface area contributed by atoms with Crippen LogP contribution in [-0.4, -0.2) is 30.4 Å². The summed E-state index contributed by atoms with van der Waals surface area (Å²) in [5, 5.41) is 3.25. The van der Waals surface area contributed by atoms with Crippen molar-refractivity contribution in [2.75, 3.05) is 19.6 Å². The van der Waals surface area contributed by atoms with Crippen LogP contribution in [0.2, 0.25) is 0 Å². The standard InChI is InChI=1S/C16H22N2O/c1-2-10-18(13-15-6-4-3-5-7-15)16(19)12-17-11-14-8-9-14/h2-7,14,17H,1,8-13H2. The molecule has 102 valence electrons. The van der Waals surface area contributed by atoms with Crippen molar-refractivity contribution in [2.45, 2.75) is 19.4 Å². The van der Waals surface area contributed by atoms with E-state index in [1.54, 1.807) is 6.08 Å². The van der Waals surface area contributed by atoms with Gasteiger partial charge in [0, 0.05) is 13.1 Å². The first-order chi connectivity index (χ1) is 9.29. The lowest BCUT2D eigenvalue weighted by molar-refractivity contribution is -0.130. The quantitative estimate of drug-likeness (QED) is 0.725. The Hall–Kier alpha value is -1.61. The molecule has 3 heteroatoms. The smallest absolute Gasteiger partial charge is 0.237 e. The van der Waals surface area contributed by atoms with Gasteiger partial charge in [-0.1, -0.05) is 36.4 Å². The maximum absolute atomic E-state index is 12.2. The van der Waals surface area contributed by atoms with E-state index in [4.69, 9.17) is 0 Å².